The molecule has 0 aromatic rings. The molecule has 0 aliphatic heterocycles. The molecule has 0 rings (SSSR count). The van der Waals surface area contributed by atoms with Gasteiger partial charge in [-0.05, 0) is 25.4 Å². The van der Waals surface area contributed by atoms with Crippen LogP contribution in [0.4, 0.5) is 0 Å². The van der Waals surface area contributed by atoms with Crippen LogP contribution in [-0.4, -0.2) is 87.8 Å². The van der Waals surface area contributed by atoms with Gasteiger partial charge in [-0.1, -0.05) is 0 Å². The molecule has 160 valence electrons. The van der Waals surface area contributed by atoms with E-state index in [-0.39, 0.29) is 6.42 Å². The number of aliphatic hydroxyl groups is 1. The van der Waals surface area contributed by atoms with Gasteiger partial charge in [0.15, 0.2) is 0 Å². The maximum absolute atomic E-state index is 12.5. The largest absolute Gasteiger partial charge is 0.481 e. The third-order valence-electron chi connectivity index (χ3n) is 3.49. The van der Waals surface area contributed by atoms with Gasteiger partial charge in [0.1, 0.15) is 24.7 Å². The minimum Gasteiger partial charge on any atom is -0.481 e. The maximum atomic E-state index is 12.5. The zero-order valence-corrected chi connectivity index (χ0v) is 16.3. The molecule has 0 radical (unpaired) electrons. The molecule has 0 bridgehead atoms. The van der Waals surface area contributed by atoms with Gasteiger partial charge in [0.25, 0.3) is 0 Å². The van der Waals surface area contributed by atoms with E-state index in [1.807, 2.05) is 5.32 Å². The number of carbonyl (C=O) groups excluding carboxylic acids is 3. The second kappa shape index (κ2) is 12.9. The first kappa shape index (κ1) is 25.6. The Bertz CT molecular complexity index is 586. The van der Waals surface area contributed by atoms with Gasteiger partial charge >= 0.3 is 11.9 Å². The van der Waals surface area contributed by atoms with Crippen molar-refractivity contribution < 1.29 is 39.3 Å². The average Bonchev–Trinajstić information content (AvgIpc) is 2.60. The van der Waals surface area contributed by atoms with Crippen LogP contribution in [0.1, 0.15) is 19.8 Å². The number of nitrogens with two attached hydrogens (primary N) is 1. The van der Waals surface area contributed by atoms with Gasteiger partial charge in [-0.3, -0.25) is 24.0 Å². The molecule has 0 fully saturated rings. The van der Waals surface area contributed by atoms with Crippen molar-refractivity contribution in [2.24, 2.45) is 5.73 Å². The van der Waals surface area contributed by atoms with Crippen LogP contribution in [-0.2, 0) is 24.0 Å². The standard InChI is InChI=1S/C15H26N4O8S/c1-7(20)12(16)15(27)18-8(3-4-28-2)14(26)19-9(5-10(21)22)13(25)17-6-11(23)24/h7-9,12,20H,3-6,16H2,1-2H3,(H,17,25)(H,18,27)(H,19,26)(H,21,22)(H,23,24). The molecule has 0 aromatic carbocycles. The van der Waals surface area contributed by atoms with Gasteiger partial charge in [0.05, 0.1) is 12.5 Å². The molecule has 0 heterocycles. The van der Waals surface area contributed by atoms with E-state index in [9.17, 15) is 29.1 Å². The molecule has 4 unspecified atom stereocenters. The fourth-order valence-electron chi connectivity index (χ4n) is 1.93. The van der Waals surface area contributed by atoms with E-state index in [4.69, 9.17) is 15.9 Å². The smallest absolute Gasteiger partial charge is 0.322 e. The Morgan fingerprint density at radius 3 is 2.00 bits per heavy atom. The minimum absolute atomic E-state index is 0.155. The molecule has 0 aromatic heterocycles. The fourth-order valence-corrected chi connectivity index (χ4v) is 2.41. The number of rotatable bonds is 13. The molecule has 4 atom stereocenters. The molecule has 0 saturated carbocycles. The number of carboxylic acids is 2. The Morgan fingerprint density at radius 1 is 0.964 bits per heavy atom. The van der Waals surface area contributed by atoms with Gasteiger partial charge < -0.3 is 37.0 Å². The van der Waals surface area contributed by atoms with Gasteiger partial charge in [0.2, 0.25) is 17.7 Å². The van der Waals surface area contributed by atoms with E-state index in [2.05, 4.69) is 10.6 Å². The SMILES string of the molecule is CSCCC(NC(=O)C(N)C(C)O)C(=O)NC(CC(=O)O)C(=O)NCC(=O)O. The van der Waals surface area contributed by atoms with E-state index >= 15 is 0 Å². The van der Waals surface area contributed by atoms with Crippen LogP contribution in [0.3, 0.4) is 0 Å². The van der Waals surface area contributed by atoms with E-state index in [0.29, 0.717) is 5.75 Å². The molecule has 0 aliphatic carbocycles. The lowest BCUT2D eigenvalue weighted by atomic mass is 10.1. The van der Waals surface area contributed by atoms with Crippen LogP contribution < -0.4 is 21.7 Å². The Hall–Kier alpha value is -2.38. The molecule has 13 heteroatoms. The van der Waals surface area contributed by atoms with Gasteiger partial charge in [-0.2, -0.15) is 11.8 Å². The minimum atomic E-state index is -1.54. The summed E-state index contributed by atoms with van der Waals surface area (Å²) in [6.07, 6.45) is -0.0221. The van der Waals surface area contributed by atoms with Crippen molar-refractivity contribution >= 4 is 41.4 Å². The summed E-state index contributed by atoms with van der Waals surface area (Å²) < 4.78 is 0. The monoisotopic (exact) mass is 422 g/mol. The number of aliphatic carboxylic acids is 2. The maximum Gasteiger partial charge on any atom is 0.322 e. The summed E-state index contributed by atoms with van der Waals surface area (Å²) in [4.78, 5) is 58.0. The summed E-state index contributed by atoms with van der Waals surface area (Å²) in [6.45, 7) is 0.553. The lowest BCUT2D eigenvalue weighted by Crippen LogP contribution is -2.57. The quantitative estimate of drug-likeness (QED) is 0.161. The van der Waals surface area contributed by atoms with Gasteiger partial charge in [-0.15, -0.1) is 0 Å². The highest BCUT2D eigenvalue weighted by molar-refractivity contribution is 7.98. The summed E-state index contributed by atoms with van der Waals surface area (Å²) in [7, 11) is 0. The number of carbonyl (C=O) groups is 5. The first-order valence-corrected chi connectivity index (χ1v) is 9.63. The van der Waals surface area contributed by atoms with Gasteiger partial charge in [-0.25, -0.2) is 0 Å². The average molecular weight is 422 g/mol. The van der Waals surface area contributed by atoms with E-state index in [0.717, 1.165) is 0 Å². The molecular weight excluding hydrogens is 396 g/mol. The molecule has 0 saturated heterocycles. The number of carboxylic acid groups (broad SMARTS) is 2. The highest BCUT2D eigenvalue weighted by Gasteiger charge is 2.30. The highest BCUT2D eigenvalue weighted by atomic mass is 32.2. The van der Waals surface area contributed by atoms with Crippen LogP contribution in [0, 0.1) is 0 Å². The van der Waals surface area contributed by atoms with Crippen molar-refractivity contribution in [3.05, 3.63) is 0 Å². The lowest BCUT2D eigenvalue weighted by molar-refractivity contribution is -0.141. The van der Waals surface area contributed by atoms with Crippen LogP contribution in [0.2, 0.25) is 0 Å². The fraction of sp³-hybridized carbons (Fsp3) is 0.667. The normalized spacial score (nSPS) is 14.9. The van der Waals surface area contributed by atoms with Gasteiger partial charge in [0, 0.05) is 0 Å². The highest BCUT2D eigenvalue weighted by Crippen LogP contribution is 2.04. The summed E-state index contributed by atoms with van der Waals surface area (Å²) >= 11 is 1.39. The molecule has 0 spiro atoms. The van der Waals surface area contributed by atoms with Crippen LogP contribution >= 0.6 is 11.8 Å². The van der Waals surface area contributed by atoms with Crippen molar-refractivity contribution in [1.29, 1.82) is 0 Å². The van der Waals surface area contributed by atoms with Crippen molar-refractivity contribution in [3.8, 4) is 0 Å². The number of hydrogen-bond donors (Lipinski definition) is 7. The molecule has 3 amide bonds. The molecule has 0 aliphatic rings. The lowest BCUT2D eigenvalue weighted by Gasteiger charge is -2.24. The Kier molecular flexibility index (Phi) is 11.8. The van der Waals surface area contributed by atoms with E-state index < -0.39 is 66.9 Å². The second-order valence-corrected chi connectivity index (χ2v) is 6.87. The number of thioether (sulfide) groups is 1. The Morgan fingerprint density at radius 2 is 1.54 bits per heavy atom. The Labute approximate surface area is 165 Å². The third kappa shape index (κ3) is 10.1. The predicted octanol–water partition coefficient (Wildman–Crippen LogP) is -2.91. The molecule has 8 N–H and O–H groups in total. The topological polar surface area (TPSA) is 208 Å². The summed E-state index contributed by atoms with van der Waals surface area (Å²) in [5.74, 6) is -4.90. The van der Waals surface area contributed by atoms with Crippen LogP contribution in [0.5, 0.6) is 0 Å². The van der Waals surface area contributed by atoms with Crippen molar-refractivity contribution in [2.45, 2.75) is 44.0 Å². The zero-order chi connectivity index (χ0) is 21.9. The Balaban J connectivity index is 5.22. The van der Waals surface area contributed by atoms with Crippen molar-refractivity contribution in [1.82, 2.24) is 16.0 Å². The molecular formula is C15H26N4O8S. The zero-order valence-electron chi connectivity index (χ0n) is 15.5. The number of aliphatic hydroxyl groups excluding tert-OH is 1. The first-order chi connectivity index (χ1) is 13.0. The van der Waals surface area contributed by atoms with Crippen molar-refractivity contribution in [2.75, 3.05) is 18.6 Å². The molecule has 12 nitrogen and oxygen atoms in total. The number of nitrogens with one attached hydrogen (secondary N) is 3. The van der Waals surface area contributed by atoms with Crippen LogP contribution in [0.15, 0.2) is 0 Å². The summed E-state index contributed by atoms with van der Waals surface area (Å²) in [5, 5.41) is 33.4. The first-order valence-electron chi connectivity index (χ1n) is 8.24. The van der Waals surface area contributed by atoms with E-state index in [1.165, 1.54) is 18.7 Å². The van der Waals surface area contributed by atoms with Crippen molar-refractivity contribution in [3.63, 3.8) is 0 Å². The van der Waals surface area contributed by atoms with Crippen LogP contribution in [0.25, 0.3) is 0 Å². The molecule has 28 heavy (non-hydrogen) atoms. The summed E-state index contributed by atoms with van der Waals surface area (Å²) in [6, 6.07) is -3.95. The number of hydrogen-bond acceptors (Lipinski definition) is 8. The number of amides is 3. The summed E-state index contributed by atoms with van der Waals surface area (Å²) in [5.41, 5.74) is 5.52. The third-order valence-corrected chi connectivity index (χ3v) is 4.14. The second-order valence-electron chi connectivity index (χ2n) is 5.88. The van der Waals surface area contributed by atoms with E-state index in [1.54, 1.807) is 6.26 Å². The predicted molar refractivity (Wildman–Crippen MR) is 99.4 cm³/mol.